The molecule has 2 aromatic carbocycles. The molecule has 2 aromatic rings. The zero-order chi connectivity index (χ0) is 19.2. The maximum Gasteiger partial charge on any atom is 0.261 e. The second-order valence-electron chi connectivity index (χ2n) is 5.13. The molecule has 26 heavy (non-hydrogen) atoms. The molecule has 0 fully saturated rings. The number of rotatable bonds is 7. The van der Waals surface area contributed by atoms with Crippen molar-refractivity contribution in [3.05, 3.63) is 42.5 Å². The Morgan fingerprint density at radius 2 is 1.85 bits per heavy atom. The maximum atomic E-state index is 12.7. The van der Waals surface area contributed by atoms with Gasteiger partial charge in [0.1, 0.15) is 11.5 Å². The molecule has 0 amide bonds. The third-order valence-electron chi connectivity index (χ3n) is 3.37. The number of ether oxygens (including phenoxy) is 2. The summed E-state index contributed by atoms with van der Waals surface area (Å²) in [4.78, 5) is 0.0774. The zero-order valence-electron chi connectivity index (χ0n) is 14.7. The third kappa shape index (κ3) is 4.99. The highest BCUT2D eigenvalue weighted by atomic mass is 32.2. The molecule has 0 saturated heterocycles. The van der Waals surface area contributed by atoms with Crippen molar-refractivity contribution in [2.45, 2.75) is 11.8 Å². The van der Waals surface area contributed by atoms with Crippen molar-refractivity contribution < 1.29 is 17.9 Å². The number of sulfonamides is 1. The highest BCUT2D eigenvalue weighted by Gasteiger charge is 2.17. The van der Waals surface area contributed by atoms with Crippen molar-refractivity contribution in [1.29, 1.82) is 0 Å². The van der Waals surface area contributed by atoms with E-state index in [1.807, 2.05) is 6.92 Å². The number of hydrogen-bond acceptors (Lipinski definition) is 5. The molecule has 0 radical (unpaired) electrons. The summed E-state index contributed by atoms with van der Waals surface area (Å²) < 4.78 is 38.4. The number of thiocarbonyl (C=S) groups is 1. The molecule has 0 heterocycles. The average Bonchev–Trinajstić information content (AvgIpc) is 2.63. The van der Waals surface area contributed by atoms with Crippen LogP contribution in [0.5, 0.6) is 11.5 Å². The Balaban J connectivity index is 2.27. The Labute approximate surface area is 158 Å². The summed E-state index contributed by atoms with van der Waals surface area (Å²) in [5.41, 5.74) is 0.881. The molecule has 0 atom stereocenters. The van der Waals surface area contributed by atoms with Crippen LogP contribution in [0.1, 0.15) is 6.92 Å². The van der Waals surface area contributed by atoms with Gasteiger partial charge in [0.2, 0.25) is 0 Å². The van der Waals surface area contributed by atoms with E-state index in [2.05, 4.69) is 15.4 Å². The Morgan fingerprint density at radius 3 is 2.42 bits per heavy atom. The van der Waals surface area contributed by atoms with Crippen LogP contribution in [0.25, 0.3) is 0 Å². The van der Waals surface area contributed by atoms with Crippen molar-refractivity contribution in [3.8, 4) is 11.5 Å². The minimum atomic E-state index is -3.78. The molecule has 7 nitrogen and oxygen atoms in total. The van der Waals surface area contributed by atoms with Crippen LogP contribution in [0.15, 0.2) is 47.4 Å². The number of anilines is 2. The van der Waals surface area contributed by atoms with Crippen LogP contribution in [0.2, 0.25) is 0 Å². The average molecular weight is 396 g/mol. The molecular weight excluding hydrogens is 374 g/mol. The van der Waals surface area contributed by atoms with Gasteiger partial charge in [-0.15, -0.1) is 0 Å². The molecule has 0 saturated carbocycles. The SMILES string of the molecule is CCOc1ccc(NS(=O)(=O)c2ccc(OC)c(NC(=S)NC)c2)cc1. The minimum absolute atomic E-state index is 0.0774. The second-order valence-corrected chi connectivity index (χ2v) is 7.22. The lowest BCUT2D eigenvalue weighted by Gasteiger charge is -2.14. The van der Waals surface area contributed by atoms with Crippen molar-refractivity contribution in [1.82, 2.24) is 5.32 Å². The number of nitrogens with one attached hydrogen (secondary N) is 3. The molecule has 0 unspecified atom stereocenters. The summed E-state index contributed by atoms with van der Waals surface area (Å²) in [6, 6.07) is 11.2. The van der Waals surface area contributed by atoms with E-state index in [1.54, 1.807) is 37.4 Å². The molecule has 3 N–H and O–H groups in total. The predicted molar refractivity (Wildman–Crippen MR) is 107 cm³/mol. The Hall–Kier alpha value is -2.52. The summed E-state index contributed by atoms with van der Waals surface area (Å²) in [6.07, 6.45) is 0. The fourth-order valence-electron chi connectivity index (χ4n) is 2.14. The summed E-state index contributed by atoms with van der Waals surface area (Å²) >= 11 is 5.07. The van der Waals surface area contributed by atoms with Gasteiger partial charge in [0, 0.05) is 12.7 Å². The lowest BCUT2D eigenvalue weighted by molar-refractivity contribution is 0.340. The number of hydrogen-bond donors (Lipinski definition) is 3. The molecule has 9 heteroatoms. The Bertz CT molecular complexity index is 868. The van der Waals surface area contributed by atoms with Crippen LogP contribution in [0.4, 0.5) is 11.4 Å². The lowest BCUT2D eigenvalue weighted by atomic mass is 10.3. The van der Waals surface area contributed by atoms with Gasteiger partial charge in [-0.3, -0.25) is 4.72 Å². The van der Waals surface area contributed by atoms with Crippen LogP contribution in [-0.2, 0) is 10.0 Å². The third-order valence-corrected chi connectivity index (χ3v) is 5.06. The van der Waals surface area contributed by atoms with Gasteiger partial charge < -0.3 is 20.1 Å². The first kappa shape index (κ1) is 19.8. The predicted octanol–water partition coefficient (Wildman–Crippen LogP) is 2.81. The first-order valence-corrected chi connectivity index (χ1v) is 9.71. The van der Waals surface area contributed by atoms with E-state index in [0.717, 1.165) is 0 Å². The Kier molecular flexibility index (Phi) is 6.64. The molecule has 0 aliphatic heterocycles. The van der Waals surface area contributed by atoms with Crippen molar-refractivity contribution >= 4 is 38.7 Å². The standard InChI is InChI=1S/C17H21N3O4S2/c1-4-24-13-7-5-12(6-8-13)20-26(21,22)14-9-10-16(23-3)15(11-14)19-17(25)18-2/h5-11,20H,4H2,1-3H3,(H2,18,19,25). The summed E-state index contributed by atoms with van der Waals surface area (Å²) in [5, 5.41) is 6.01. The largest absolute Gasteiger partial charge is 0.495 e. The van der Waals surface area contributed by atoms with Gasteiger partial charge in [-0.25, -0.2) is 8.42 Å². The Morgan fingerprint density at radius 1 is 1.15 bits per heavy atom. The minimum Gasteiger partial charge on any atom is -0.495 e. The van der Waals surface area contributed by atoms with Gasteiger partial charge in [0.25, 0.3) is 10.0 Å². The van der Waals surface area contributed by atoms with Crippen LogP contribution >= 0.6 is 12.2 Å². The normalized spacial score (nSPS) is 10.7. The summed E-state index contributed by atoms with van der Waals surface area (Å²) in [7, 11) is -0.621. The molecule has 0 spiro atoms. The van der Waals surface area contributed by atoms with E-state index in [-0.39, 0.29) is 4.90 Å². The van der Waals surface area contributed by atoms with Gasteiger partial charge in [-0.1, -0.05) is 0 Å². The van der Waals surface area contributed by atoms with Gasteiger partial charge in [0.15, 0.2) is 5.11 Å². The van der Waals surface area contributed by atoms with Gasteiger partial charge in [-0.05, 0) is 61.6 Å². The lowest BCUT2D eigenvalue weighted by Crippen LogP contribution is -2.24. The summed E-state index contributed by atoms with van der Waals surface area (Å²) in [5.74, 6) is 1.15. The molecule has 0 bridgehead atoms. The molecule has 140 valence electrons. The smallest absolute Gasteiger partial charge is 0.261 e. The first-order valence-electron chi connectivity index (χ1n) is 7.82. The van der Waals surface area contributed by atoms with E-state index in [0.29, 0.717) is 34.6 Å². The quantitative estimate of drug-likeness (QED) is 0.621. The van der Waals surface area contributed by atoms with Crippen LogP contribution in [0, 0.1) is 0 Å². The van der Waals surface area contributed by atoms with Gasteiger partial charge >= 0.3 is 0 Å². The summed E-state index contributed by atoms with van der Waals surface area (Å²) in [6.45, 7) is 2.42. The van der Waals surface area contributed by atoms with Crippen molar-refractivity contribution in [3.63, 3.8) is 0 Å². The van der Waals surface area contributed by atoms with Crippen LogP contribution in [0.3, 0.4) is 0 Å². The fourth-order valence-corrected chi connectivity index (χ4v) is 3.33. The number of methoxy groups -OCH3 is 1. The first-order chi connectivity index (χ1) is 12.4. The van der Waals surface area contributed by atoms with Crippen molar-refractivity contribution in [2.24, 2.45) is 0 Å². The van der Waals surface area contributed by atoms with E-state index in [1.165, 1.54) is 19.2 Å². The molecule has 2 rings (SSSR count). The van der Waals surface area contributed by atoms with E-state index < -0.39 is 10.0 Å². The molecule has 0 aliphatic carbocycles. The topological polar surface area (TPSA) is 88.7 Å². The van der Waals surface area contributed by atoms with E-state index in [4.69, 9.17) is 21.7 Å². The highest BCUT2D eigenvalue weighted by Crippen LogP contribution is 2.28. The van der Waals surface area contributed by atoms with Gasteiger partial charge in [-0.2, -0.15) is 0 Å². The molecule has 0 aromatic heterocycles. The van der Waals surface area contributed by atoms with Crippen LogP contribution in [-0.4, -0.2) is 34.3 Å². The van der Waals surface area contributed by atoms with Gasteiger partial charge in [0.05, 0.1) is 24.3 Å². The monoisotopic (exact) mass is 395 g/mol. The maximum absolute atomic E-state index is 12.7. The van der Waals surface area contributed by atoms with Crippen molar-refractivity contribution in [2.75, 3.05) is 30.8 Å². The number of benzene rings is 2. The highest BCUT2D eigenvalue weighted by molar-refractivity contribution is 7.92. The van der Waals surface area contributed by atoms with E-state index in [9.17, 15) is 8.42 Å². The zero-order valence-corrected chi connectivity index (χ0v) is 16.3. The van der Waals surface area contributed by atoms with E-state index >= 15 is 0 Å². The molecule has 0 aliphatic rings. The second kappa shape index (κ2) is 8.72. The fraction of sp³-hybridized carbons (Fsp3) is 0.235. The molecular formula is C17H21N3O4S2. The van der Waals surface area contributed by atoms with Crippen LogP contribution < -0.4 is 24.8 Å².